The van der Waals surface area contributed by atoms with Gasteiger partial charge >= 0.3 is 0 Å². The topological polar surface area (TPSA) is 17.8 Å². The second-order valence-electron chi connectivity index (χ2n) is 5.71. The maximum absolute atomic E-state index is 6.33. The summed E-state index contributed by atoms with van der Waals surface area (Å²) in [6.45, 7) is 5.28. The summed E-state index contributed by atoms with van der Waals surface area (Å²) in [6, 6.07) is 5.89. The third-order valence-corrected chi connectivity index (χ3v) is 5.84. The van der Waals surface area contributed by atoms with E-state index in [4.69, 9.17) is 23.2 Å². The molecule has 0 saturated carbocycles. The average Bonchev–Trinajstić information content (AvgIpc) is 2.94. The number of alkyl halides is 1. The molecule has 2 aromatic rings. The van der Waals surface area contributed by atoms with Gasteiger partial charge < -0.3 is 4.57 Å². The van der Waals surface area contributed by atoms with Gasteiger partial charge in [0.2, 0.25) is 0 Å². The van der Waals surface area contributed by atoms with E-state index in [1.807, 2.05) is 19.1 Å². The molecule has 2 nitrogen and oxygen atoms in total. The molecule has 1 fully saturated rings. The summed E-state index contributed by atoms with van der Waals surface area (Å²) < 4.78 is 2.56. The van der Waals surface area contributed by atoms with Gasteiger partial charge in [-0.25, -0.2) is 4.98 Å². The van der Waals surface area contributed by atoms with Gasteiger partial charge in [0.05, 0.1) is 16.4 Å². The van der Waals surface area contributed by atoms with Crippen LogP contribution in [0.5, 0.6) is 0 Å². The lowest BCUT2D eigenvalue weighted by Gasteiger charge is -2.25. The van der Waals surface area contributed by atoms with Crippen molar-refractivity contribution in [2.75, 3.05) is 5.75 Å². The highest BCUT2D eigenvalue weighted by molar-refractivity contribution is 8.00. The molecule has 5 heteroatoms. The van der Waals surface area contributed by atoms with Crippen molar-refractivity contribution in [2.24, 2.45) is 0 Å². The zero-order valence-corrected chi connectivity index (χ0v) is 14.0. The Labute approximate surface area is 133 Å². The van der Waals surface area contributed by atoms with Crippen LogP contribution in [0.4, 0.5) is 0 Å². The Bertz CT molecular complexity index is 630. The summed E-state index contributed by atoms with van der Waals surface area (Å²) in [7, 11) is 0. The number of hydrogen-bond acceptors (Lipinski definition) is 2. The van der Waals surface area contributed by atoms with E-state index in [0.29, 0.717) is 0 Å². The monoisotopic (exact) mass is 328 g/mol. The standard InChI is InChI=1S/C15H18Cl2N2S/c1-10(16)14-18-12-8-11(17)4-5-13(12)19(14)9-15(2)6-3-7-20-15/h4-5,8,10H,3,6-7,9H2,1-2H3. The predicted molar refractivity (Wildman–Crippen MR) is 89.1 cm³/mol. The van der Waals surface area contributed by atoms with Gasteiger partial charge in [0, 0.05) is 16.3 Å². The fourth-order valence-corrected chi connectivity index (χ4v) is 4.51. The molecule has 0 amide bonds. The Kier molecular flexibility index (Phi) is 3.95. The van der Waals surface area contributed by atoms with Crippen molar-refractivity contribution in [1.29, 1.82) is 0 Å². The lowest BCUT2D eigenvalue weighted by Crippen LogP contribution is -2.25. The van der Waals surface area contributed by atoms with Crippen molar-refractivity contribution in [1.82, 2.24) is 9.55 Å². The summed E-state index contributed by atoms with van der Waals surface area (Å²) in [5.41, 5.74) is 2.07. The molecule has 2 unspecified atom stereocenters. The molecule has 1 aromatic carbocycles. The van der Waals surface area contributed by atoms with Crippen molar-refractivity contribution in [3.63, 3.8) is 0 Å². The number of rotatable bonds is 3. The molecule has 0 bridgehead atoms. The number of nitrogens with zero attached hydrogens (tertiary/aromatic N) is 2. The van der Waals surface area contributed by atoms with Gasteiger partial charge in [-0.3, -0.25) is 0 Å². The first-order valence-electron chi connectivity index (χ1n) is 6.92. The largest absolute Gasteiger partial charge is 0.325 e. The molecule has 0 spiro atoms. The molecule has 20 heavy (non-hydrogen) atoms. The summed E-state index contributed by atoms with van der Waals surface area (Å²) in [5, 5.41) is 0.619. The molecule has 3 rings (SSSR count). The lowest BCUT2D eigenvalue weighted by molar-refractivity contribution is 0.506. The van der Waals surface area contributed by atoms with Crippen LogP contribution in [0.1, 0.15) is 37.9 Å². The average molecular weight is 329 g/mol. The van der Waals surface area contributed by atoms with E-state index in [2.05, 4.69) is 34.3 Å². The number of halogens is 2. The quantitative estimate of drug-likeness (QED) is 0.714. The van der Waals surface area contributed by atoms with E-state index < -0.39 is 0 Å². The van der Waals surface area contributed by atoms with E-state index in [1.165, 1.54) is 18.6 Å². The summed E-state index contributed by atoms with van der Waals surface area (Å²) in [5.74, 6) is 2.19. The highest BCUT2D eigenvalue weighted by Crippen LogP contribution is 2.40. The maximum atomic E-state index is 6.33. The van der Waals surface area contributed by atoms with E-state index >= 15 is 0 Å². The van der Waals surface area contributed by atoms with Crippen LogP contribution in [0.3, 0.4) is 0 Å². The number of benzene rings is 1. The number of fused-ring (bicyclic) bond motifs is 1. The Balaban J connectivity index is 2.09. The van der Waals surface area contributed by atoms with Crippen LogP contribution in [0.15, 0.2) is 18.2 Å². The number of aromatic nitrogens is 2. The molecule has 1 aliphatic rings. The SMILES string of the molecule is CC(Cl)c1nc2cc(Cl)ccc2n1CC1(C)CCCS1. The first-order valence-corrected chi connectivity index (χ1v) is 8.72. The summed E-state index contributed by atoms with van der Waals surface area (Å²) in [6.07, 6.45) is 2.55. The molecule has 1 saturated heterocycles. The highest BCUT2D eigenvalue weighted by atomic mass is 35.5. The van der Waals surface area contributed by atoms with Crippen LogP contribution in [-0.2, 0) is 6.54 Å². The van der Waals surface area contributed by atoms with E-state index in [1.54, 1.807) is 0 Å². The summed E-state index contributed by atoms with van der Waals surface area (Å²) >= 11 is 14.5. The second-order valence-corrected chi connectivity index (χ2v) is 8.48. The maximum Gasteiger partial charge on any atom is 0.127 e. The smallest absolute Gasteiger partial charge is 0.127 e. The fourth-order valence-electron chi connectivity index (χ4n) is 2.89. The molecular formula is C15H18Cl2N2S. The molecule has 108 valence electrons. The van der Waals surface area contributed by atoms with Crippen molar-refractivity contribution >= 4 is 46.0 Å². The highest BCUT2D eigenvalue weighted by Gasteiger charge is 2.31. The van der Waals surface area contributed by atoms with E-state index in [0.717, 1.165) is 28.4 Å². The molecule has 0 N–H and O–H groups in total. The van der Waals surface area contributed by atoms with Crippen LogP contribution < -0.4 is 0 Å². The van der Waals surface area contributed by atoms with Crippen LogP contribution >= 0.6 is 35.0 Å². The van der Waals surface area contributed by atoms with Crippen LogP contribution in [0.25, 0.3) is 11.0 Å². The van der Waals surface area contributed by atoms with Crippen molar-refractivity contribution in [3.05, 3.63) is 29.0 Å². The van der Waals surface area contributed by atoms with Gasteiger partial charge in [-0.2, -0.15) is 11.8 Å². The van der Waals surface area contributed by atoms with Crippen LogP contribution in [0.2, 0.25) is 5.02 Å². The molecule has 2 atom stereocenters. The van der Waals surface area contributed by atoms with Crippen molar-refractivity contribution in [3.8, 4) is 0 Å². The summed E-state index contributed by atoms with van der Waals surface area (Å²) in [4.78, 5) is 4.68. The zero-order valence-electron chi connectivity index (χ0n) is 11.7. The van der Waals surface area contributed by atoms with Gasteiger partial charge in [0.15, 0.2) is 0 Å². The predicted octanol–water partition coefficient (Wildman–Crippen LogP) is 5.28. The van der Waals surface area contributed by atoms with Crippen LogP contribution in [0, 0.1) is 0 Å². The normalized spacial score (nSPS) is 24.4. The number of imidazole rings is 1. The van der Waals surface area contributed by atoms with Crippen molar-refractivity contribution < 1.29 is 0 Å². The number of thioether (sulfide) groups is 1. The Morgan fingerprint density at radius 1 is 1.50 bits per heavy atom. The first kappa shape index (κ1) is 14.6. The van der Waals surface area contributed by atoms with Gasteiger partial charge in [0.25, 0.3) is 0 Å². The lowest BCUT2D eigenvalue weighted by atomic mass is 10.1. The fraction of sp³-hybridized carbons (Fsp3) is 0.533. The van der Waals surface area contributed by atoms with Gasteiger partial charge in [-0.15, -0.1) is 11.6 Å². The third kappa shape index (κ3) is 2.68. The Hall–Kier alpha value is -0.380. The first-order chi connectivity index (χ1) is 9.48. The zero-order chi connectivity index (χ0) is 14.3. The third-order valence-electron chi connectivity index (χ3n) is 3.89. The molecule has 0 radical (unpaired) electrons. The Morgan fingerprint density at radius 2 is 2.30 bits per heavy atom. The van der Waals surface area contributed by atoms with Crippen molar-refractivity contribution in [2.45, 2.75) is 43.4 Å². The molecule has 1 aliphatic heterocycles. The van der Waals surface area contributed by atoms with E-state index in [-0.39, 0.29) is 10.1 Å². The molecular weight excluding hydrogens is 311 g/mol. The Morgan fingerprint density at radius 3 is 2.95 bits per heavy atom. The van der Waals surface area contributed by atoms with Gasteiger partial charge in [0.1, 0.15) is 5.82 Å². The van der Waals surface area contributed by atoms with Gasteiger partial charge in [-0.05, 0) is 50.6 Å². The molecule has 0 aliphatic carbocycles. The van der Waals surface area contributed by atoms with E-state index in [9.17, 15) is 0 Å². The molecule has 1 aromatic heterocycles. The molecule has 2 heterocycles. The number of hydrogen-bond donors (Lipinski definition) is 0. The van der Waals surface area contributed by atoms with Gasteiger partial charge in [-0.1, -0.05) is 11.6 Å². The minimum absolute atomic E-state index is 0.101. The second kappa shape index (κ2) is 5.43. The minimum Gasteiger partial charge on any atom is -0.325 e. The van der Waals surface area contributed by atoms with Crippen LogP contribution in [-0.4, -0.2) is 20.1 Å². The minimum atomic E-state index is -0.101.